The standard InChI is InChI=1S/C14H17ClN2O2S2/c1-11-10-17(7-8-20-11)21(18,19)14-5-4-12(3-2-6-16)9-13(14)15/h4-5,9,11H,6-8,10,16H2,1H3. The minimum atomic E-state index is -3.55. The first-order chi connectivity index (χ1) is 9.95. The van der Waals surface area contributed by atoms with Gasteiger partial charge in [-0.2, -0.15) is 16.1 Å². The largest absolute Gasteiger partial charge is 0.320 e. The van der Waals surface area contributed by atoms with E-state index in [9.17, 15) is 8.42 Å². The van der Waals surface area contributed by atoms with Gasteiger partial charge >= 0.3 is 0 Å². The molecular weight excluding hydrogens is 328 g/mol. The van der Waals surface area contributed by atoms with Gasteiger partial charge in [0, 0.05) is 29.7 Å². The molecule has 0 saturated carbocycles. The van der Waals surface area contributed by atoms with E-state index in [2.05, 4.69) is 11.8 Å². The van der Waals surface area contributed by atoms with Crippen LogP contribution in [0.25, 0.3) is 0 Å². The third-order valence-electron chi connectivity index (χ3n) is 3.09. The van der Waals surface area contributed by atoms with Gasteiger partial charge in [-0.05, 0) is 18.2 Å². The molecule has 0 radical (unpaired) electrons. The van der Waals surface area contributed by atoms with Crippen LogP contribution in [0.3, 0.4) is 0 Å². The topological polar surface area (TPSA) is 63.4 Å². The highest BCUT2D eigenvalue weighted by atomic mass is 35.5. The second-order valence-corrected chi connectivity index (χ2v) is 8.56. The Hall–Kier alpha value is -0.710. The van der Waals surface area contributed by atoms with Crippen LogP contribution in [0.15, 0.2) is 23.1 Å². The average Bonchev–Trinajstić information content (AvgIpc) is 2.45. The van der Waals surface area contributed by atoms with Gasteiger partial charge in [-0.15, -0.1) is 0 Å². The molecule has 1 unspecified atom stereocenters. The number of benzene rings is 1. The SMILES string of the molecule is CC1CN(S(=O)(=O)c2ccc(C#CCN)cc2Cl)CCS1. The number of rotatable bonds is 2. The highest BCUT2D eigenvalue weighted by Crippen LogP contribution is 2.29. The molecule has 0 spiro atoms. The fourth-order valence-corrected chi connectivity index (χ4v) is 5.36. The fraction of sp³-hybridized carbons (Fsp3) is 0.429. The van der Waals surface area contributed by atoms with Crippen molar-refractivity contribution in [3.05, 3.63) is 28.8 Å². The molecule has 2 N–H and O–H groups in total. The van der Waals surface area contributed by atoms with Crippen LogP contribution in [0.1, 0.15) is 12.5 Å². The molecule has 0 aliphatic carbocycles. The summed E-state index contributed by atoms with van der Waals surface area (Å²) >= 11 is 7.92. The van der Waals surface area contributed by atoms with Crippen LogP contribution in [0.4, 0.5) is 0 Å². The highest BCUT2D eigenvalue weighted by molar-refractivity contribution is 8.00. The van der Waals surface area contributed by atoms with Crippen LogP contribution in [-0.4, -0.2) is 43.4 Å². The number of nitrogens with two attached hydrogens (primary N) is 1. The Bertz CT molecular complexity index is 680. The summed E-state index contributed by atoms with van der Waals surface area (Å²) in [7, 11) is -3.55. The van der Waals surface area contributed by atoms with Gasteiger partial charge < -0.3 is 5.73 Å². The Labute approximate surface area is 135 Å². The molecule has 7 heteroatoms. The molecule has 1 aliphatic rings. The van der Waals surface area contributed by atoms with Gasteiger partial charge in [-0.1, -0.05) is 30.4 Å². The Balaban J connectivity index is 2.32. The molecule has 2 rings (SSSR count). The van der Waals surface area contributed by atoms with E-state index < -0.39 is 10.0 Å². The lowest BCUT2D eigenvalue weighted by Gasteiger charge is -2.29. The van der Waals surface area contributed by atoms with E-state index in [1.54, 1.807) is 23.9 Å². The maximum absolute atomic E-state index is 12.7. The zero-order valence-corrected chi connectivity index (χ0v) is 14.1. The Morgan fingerprint density at radius 2 is 2.29 bits per heavy atom. The van der Waals surface area contributed by atoms with Crippen LogP contribution in [-0.2, 0) is 10.0 Å². The summed E-state index contributed by atoms with van der Waals surface area (Å²) in [6.45, 7) is 3.31. The molecular formula is C14H17ClN2O2S2. The van der Waals surface area contributed by atoms with E-state index >= 15 is 0 Å². The zero-order valence-electron chi connectivity index (χ0n) is 11.7. The van der Waals surface area contributed by atoms with Crippen molar-refractivity contribution in [3.63, 3.8) is 0 Å². The van der Waals surface area contributed by atoms with Crippen molar-refractivity contribution in [1.29, 1.82) is 0 Å². The van der Waals surface area contributed by atoms with Crippen molar-refractivity contribution < 1.29 is 8.42 Å². The number of thioether (sulfide) groups is 1. The number of halogens is 1. The van der Waals surface area contributed by atoms with Gasteiger partial charge in [0.1, 0.15) is 4.90 Å². The van der Waals surface area contributed by atoms with Gasteiger partial charge in [0.15, 0.2) is 0 Å². The monoisotopic (exact) mass is 344 g/mol. The van der Waals surface area contributed by atoms with Crippen LogP contribution >= 0.6 is 23.4 Å². The maximum Gasteiger partial charge on any atom is 0.244 e. The van der Waals surface area contributed by atoms with Gasteiger partial charge in [-0.3, -0.25) is 0 Å². The van der Waals surface area contributed by atoms with Gasteiger partial charge in [0.25, 0.3) is 0 Å². The Morgan fingerprint density at radius 3 is 2.90 bits per heavy atom. The minimum Gasteiger partial charge on any atom is -0.320 e. The number of sulfonamides is 1. The summed E-state index contributed by atoms with van der Waals surface area (Å²) in [5.74, 6) is 6.36. The molecule has 1 fully saturated rings. The van der Waals surface area contributed by atoms with Crippen molar-refractivity contribution >= 4 is 33.4 Å². The molecule has 21 heavy (non-hydrogen) atoms. The first kappa shape index (κ1) is 16.7. The Morgan fingerprint density at radius 1 is 1.52 bits per heavy atom. The highest BCUT2D eigenvalue weighted by Gasteiger charge is 2.30. The molecule has 1 atom stereocenters. The normalized spacial score (nSPS) is 19.9. The summed E-state index contributed by atoms with van der Waals surface area (Å²) in [5.41, 5.74) is 5.97. The summed E-state index contributed by atoms with van der Waals surface area (Å²) in [5, 5.41) is 0.492. The van der Waals surface area contributed by atoms with Crippen molar-refractivity contribution in [2.45, 2.75) is 17.1 Å². The summed E-state index contributed by atoms with van der Waals surface area (Å²) < 4.78 is 26.8. The maximum atomic E-state index is 12.7. The summed E-state index contributed by atoms with van der Waals surface area (Å²) in [6, 6.07) is 4.74. The molecule has 1 aromatic carbocycles. The smallest absolute Gasteiger partial charge is 0.244 e. The van der Waals surface area contributed by atoms with E-state index in [1.165, 1.54) is 10.4 Å². The fourth-order valence-electron chi connectivity index (χ4n) is 2.08. The second-order valence-electron chi connectivity index (χ2n) is 4.70. The molecule has 1 saturated heterocycles. The predicted octanol–water partition coefficient (Wildman–Crippen LogP) is 1.78. The van der Waals surface area contributed by atoms with Crippen LogP contribution in [0.2, 0.25) is 5.02 Å². The third kappa shape index (κ3) is 3.93. The summed E-state index contributed by atoms with van der Waals surface area (Å²) in [4.78, 5) is 0.140. The number of hydrogen-bond acceptors (Lipinski definition) is 4. The molecule has 0 bridgehead atoms. The lowest BCUT2D eigenvalue weighted by Crippen LogP contribution is -2.41. The lowest BCUT2D eigenvalue weighted by atomic mass is 10.2. The second kappa shape index (κ2) is 7.03. The lowest BCUT2D eigenvalue weighted by molar-refractivity contribution is 0.424. The molecule has 0 amide bonds. The number of nitrogens with zero attached hydrogens (tertiary/aromatic N) is 1. The Kier molecular flexibility index (Phi) is 5.58. The van der Waals surface area contributed by atoms with Crippen molar-refractivity contribution in [2.75, 3.05) is 25.4 Å². The van der Waals surface area contributed by atoms with E-state index in [4.69, 9.17) is 17.3 Å². The average molecular weight is 345 g/mol. The molecule has 0 aromatic heterocycles. The molecule has 4 nitrogen and oxygen atoms in total. The van der Waals surface area contributed by atoms with E-state index in [0.29, 0.717) is 23.9 Å². The first-order valence-corrected chi connectivity index (χ1v) is 9.42. The van der Waals surface area contributed by atoms with Crippen LogP contribution < -0.4 is 5.73 Å². The first-order valence-electron chi connectivity index (χ1n) is 6.55. The van der Waals surface area contributed by atoms with Crippen molar-refractivity contribution in [1.82, 2.24) is 4.31 Å². The molecule has 1 aliphatic heterocycles. The van der Waals surface area contributed by atoms with Crippen molar-refractivity contribution in [3.8, 4) is 11.8 Å². The minimum absolute atomic E-state index is 0.140. The summed E-state index contributed by atoms with van der Waals surface area (Å²) in [6.07, 6.45) is 0. The van der Waals surface area contributed by atoms with E-state index in [1.807, 2.05) is 6.92 Å². The van der Waals surface area contributed by atoms with Crippen molar-refractivity contribution in [2.24, 2.45) is 5.73 Å². The van der Waals surface area contributed by atoms with Gasteiger partial charge in [0.2, 0.25) is 10.0 Å². The van der Waals surface area contributed by atoms with E-state index in [-0.39, 0.29) is 16.5 Å². The van der Waals surface area contributed by atoms with Crippen LogP contribution in [0, 0.1) is 11.8 Å². The molecule has 1 heterocycles. The quantitative estimate of drug-likeness (QED) is 0.831. The molecule has 114 valence electrons. The predicted molar refractivity (Wildman–Crippen MR) is 88.1 cm³/mol. The zero-order chi connectivity index (χ0) is 15.5. The van der Waals surface area contributed by atoms with Gasteiger partial charge in [-0.25, -0.2) is 8.42 Å². The van der Waals surface area contributed by atoms with Crippen LogP contribution in [0.5, 0.6) is 0 Å². The van der Waals surface area contributed by atoms with E-state index in [0.717, 1.165) is 5.75 Å². The number of hydrogen-bond donors (Lipinski definition) is 1. The van der Waals surface area contributed by atoms with Gasteiger partial charge in [0.05, 0.1) is 11.6 Å². The molecule has 1 aromatic rings. The third-order valence-corrected chi connectivity index (χ3v) is 6.57.